The summed E-state index contributed by atoms with van der Waals surface area (Å²) in [5.41, 5.74) is 1.73. The summed E-state index contributed by atoms with van der Waals surface area (Å²) in [6.45, 7) is 3.65. The van der Waals surface area contributed by atoms with E-state index in [-0.39, 0.29) is 5.91 Å². The van der Waals surface area contributed by atoms with E-state index in [0.717, 1.165) is 5.76 Å². The molecule has 126 valence electrons. The van der Waals surface area contributed by atoms with Gasteiger partial charge in [-0.25, -0.2) is 0 Å². The molecule has 25 heavy (non-hydrogen) atoms. The van der Waals surface area contributed by atoms with Crippen molar-refractivity contribution in [2.75, 3.05) is 10.6 Å². The zero-order valence-corrected chi connectivity index (χ0v) is 13.6. The van der Waals surface area contributed by atoms with Gasteiger partial charge in [-0.2, -0.15) is 4.68 Å². The summed E-state index contributed by atoms with van der Waals surface area (Å²) in [5.74, 6) is 1.50. The van der Waals surface area contributed by atoms with Crippen LogP contribution in [-0.2, 0) is 4.79 Å². The number of hydrogen-bond donors (Lipinski definition) is 2. The van der Waals surface area contributed by atoms with Crippen LogP contribution in [-0.4, -0.2) is 31.1 Å². The number of anilines is 2. The van der Waals surface area contributed by atoms with Crippen molar-refractivity contribution in [3.8, 4) is 0 Å². The number of amides is 1. The molecule has 3 aromatic rings. The standard InChI is InChI=1S/C16H15N7O2/c1-9-5-6-12(25-9)14-13(10(2)18-16-20-21-22-23(14)16)15(24)19-11-4-3-7-17-8-11/h3-8,14H,1-2H3,(H,19,24)(H,18,20,22). The molecule has 1 aliphatic rings. The summed E-state index contributed by atoms with van der Waals surface area (Å²) >= 11 is 0. The minimum atomic E-state index is -0.559. The van der Waals surface area contributed by atoms with E-state index in [1.54, 1.807) is 31.5 Å². The molecule has 0 radical (unpaired) electrons. The van der Waals surface area contributed by atoms with Gasteiger partial charge in [0, 0.05) is 11.9 Å². The zero-order chi connectivity index (χ0) is 17.4. The lowest BCUT2D eigenvalue weighted by Crippen LogP contribution is -2.31. The predicted molar refractivity (Wildman–Crippen MR) is 88.6 cm³/mol. The van der Waals surface area contributed by atoms with Crippen molar-refractivity contribution < 1.29 is 9.21 Å². The van der Waals surface area contributed by atoms with E-state index in [2.05, 4.69) is 31.1 Å². The lowest BCUT2D eigenvalue weighted by molar-refractivity contribution is -0.113. The molecule has 0 spiro atoms. The second kappa shape index (κ2) is 5.86. The Morgan fingerprint density at radius 2 is 2.20 bits per heavy atom. The molecule has 4 heterocycles. The number of nitrogens with zero attached hydrogens (tertiary/aromatic N) is 5. The highest BCUT2D eigenvalue weighted by molar-refractivity contribution is 6.05. The molecule has 2 N–H and O–H groups in total. The first-order valence-electron chi connectivity index (χ1n) is 7.67. The summed E-state index contributed by atoms with van der Waals surface area (Å²) in [4.78, 5) is 16.9. The van der Waals surface area contributed by atoms with E-state index in [1.165, 1.54) is 4.68 Å². The van der Waals surface area contributed by atoms with Crippen molar-refractivity contribution in [2.24, 2.45) is 0 Å². The van der Waals surface area contributed by atoms with Gasteiger partial charge in [0.2, 0.25) is 5.95 Å². The smallest absolute Gasteiger partial charge is 0.256 e. The van der Waals surface area contributed by atoms with Crippen LogP contribution < -0.4 is 10.6 Å². The molecule has 0 saturated carbocycles. The fraction of sp³-hybridized carbons (Fsp3) is 0.188. The van der Waals surface area contributed by atoms with Gasteiger partial charge in [-0.15, -0.1) is 0 Å². The molecule has 3 aromatic heterocycles. The Hall–Kier alpha value is -3.49. The van der Waals surface area contributed by atoms with Crippen molar-refractivity contribution in [3.63, 3.8) is 0 Å². The first-order valence-corrected chi connectivity index (χ1v) is 7.67. The molecular formula is C16H15N7O2. The maximum absolute atomic E-state index is 12.9. The number of furan rings is 1. The molecule has 0 fully saturated rings. The van der Waals surface area contributed by atoms with Crippen LogP contribution in [0, 0.1) is 6.92 Å². The van der Waals surface area contributed by atoms with Crippen molar-refractivity contribution in [3.05, 3.63) is 59.4 Å². The highest BCUT2D eigenvalue weighted by Gasteiger charge is 2.35. The topological polar surface area (TPSA) is 111 Å². The summed E-state index contributed by atoms with van der Waals surface area (Å²) < 4.78 is 7.29. The van der Waals surface area contributed by atoms with Gasteiger partial charge in [-0.3, -0.25) is 9.78 Å². The van der Waals surface area contributed by atoms with Crippen molar-refractivity contribution in [1.29, 1.82) is 0 Å². The third-order valence-electron chi connectivity index (χ3n) is 3.91. The summed E-state index contributed by atoms with van der Waals surface area (Å²) in [6.07, 6.45) is 3.22. The number of fused-ring (bicyclic) bond motifs is 1. The fourth-order valence-corrected chi connectivity index (χ4v) is 2.81. The number of aromatic nitrogens is 5. The third kappa shape index (κ3) is 2.65. The fourth-order valence-electron chi connectivity index (χ4n) is 2.81. The zero-order valence-electron chi connectivity index (χ0n) is 13.6. The third-order valence-corrected chi connectivity index (χ3v) is 3.91. The van der Waals surface area contributed by atoms with E-state index in [4.69, 9.17) is 4.42 Å². The Balaban J connectivity index is 1.76. The number of rotatable bonds is 3. The summed E-state index contributed by atoms with van der Waals surface area (Å²) in [5, 5.41) is 17.5. The molecule has 9 nitrogen and oxygen atoms in total. The Morgan fingerprint density at radius 3 is 2.92 bits per heavy atom. The van der Waals surface area contributed by atoms with Crippen LogP contribution in [0.3, 0.4) is 0 Å². The SMILES string of the molecule is CC1=C(C(=O)Nc2cccnc2)C(c2ccc(C)o2)n2nnnc2N1. The minimum Gasteiger partial charge on any atom is -0.464 e. The van der Waals surface area contributed by atoms with Crippen molar-refractivity contribution in [1.82, 2.24) is 25.2 Å². The van der Waals surface area contributed by atoms with Gasteiger partial charge in [-0.05, 0) is 48.5 Å². The maximum atomic E-state index is 12.9. The molecule has 0 saturated heterocycles. The average Bonchev–Trinajstić information content (AvgIpc) is 3.23. The number of carbonyl (C=O) groups excluding carboxylic acids is 1. The first-order chi connectivity index (χ1) is 12.1. The van der Waals surface area contributed by atoms with Crippen LogP contribution >= 0.6 is 0 Å². The van der Waals surface area contributed by atoms with Gasteiger partial charge in [0.05, 0.1) is 17.5 Å². The number of allylic oxidation sites excluding steroid dienone is 1. The second-order valence-corrected chi connectivity index (χ2v) is 5.66. The molecule has 0 aliphatic carbocycles. The predicted octanol–water partition coefficient (Wildman–Crippen LogP) is 1.90. The van der Waals surface area contributed by atoms with Crippen molar-refractivity contribution >= 4 is 17.5 Å². The first kappa shape index (κ1) is 15.1. The largest absolute Gasteiger partial charge is 0.464 e. The number of tetrazole rings is 1. The lowest BCUT2D eigenvalue weighted by atomic mass is 10.00. The molecule has 1 aliphatic heterocycles. The number of nitrogens with one attached hydrogen (secondary N) is 2. The number of aryl methyl sites for hydroxylation is 1. The number of hydrogen-bond acceptors (Lipinski definition) is 7. The van der Waals surface area contributed by atoms with Crippen LogP contribution in [0.4, 0.5) is 11.6 Å². The highest BCUT2D eigenvalue weighted by Crippen LogP contribution is 2.35. The molecule has 1 atom stereocenters. The highest BCUT2D eigenvalue weighted by atomic mass is 16.3. The Kier molecular flexibility index (Phi) is 3.53. The average molecular weight is 337 g/mol. The minimum absolute atomic E-state index is 0.279. The molecule has 9 heteroatoms. The van der Waals surface area contributed by atoms with Gasteiger partial charge >= 0.3 is 0 Å². The Labute approximate surface area is 142 Å². The van der Waals surface area contributed by atoms with E-state index < -0.39 is 6.04 Å². The van der Waals surface area contributed by atoms with E-state index in [0.29, 0.717) is 28.7 Å². The molecule has 1 amide bonds. The molecule has 4 rings (SSSR count). The summed E-state index contributed by atoms with van der Waals surface area (Å²) in [6, 6.07) is 6.62. The van der Waals surface area contributed by atoms with Gasteiger partial charge in [0.1, 0.15) is 17.6 Å². The normalized spacial score (nSPS) is 16.3. The van der Waals surface area contributed by atoms with Crippen LogP contribution in [0.5, 0.6) is 0 Å². The van der Waals surface area contributed by atoms with E-state index in [9.17, 15) is 4.79 Å². The second-order valence-electron chi connectivity index (χ2n) is 5.66. The Morgan fingerprint density at radius 1 is 1.32 bits per heavy atom. The molecule has 0 aromatic carbocycles. The Bertz CT molecular complexity index is 958. The quantitative estimate of drug-likeness (QED) is 0.751. The van der Waals surface area contributed by atoms with Gasteiger partial charge < -0.3 is 15.1 Å². The van der Waals surface area contributed by atoms with Crippen molar-refractivity contribution in [2.45, 2.75) is 19.9 Å². The molecular weight excluding hydrogens is 322 g/mol. The van der Waals surface area contributed by atoms with Crippen LogP contribution in [0.15, 0.2) is 52.3 Å². The van der Waals surface area contributed by atoms with E-state index in [1.807, 2.05) is 19.1 Å². The number of carbonyl (C=O) groups is 1. The van der Waals surface area contributed by atoms with Gasteiger partial charge in [-0.1, -0.05) is 5.10 Å². The molecule has 0 bridgehead atoms. The van der Waals surface area contributed by atoms with Gasteiger partial charge in [0.25, 0.3) is 5.91 Å². The maximum Gasteiger partial charge on any atom is 0.256 e. The van der Waals surface area contributed by atoms with Crippen LogP contribution in [0.25, 0.3) is 0 Å². The summed E-state index contributed by atoms with van der Waals surface area (Å²) in [7, 11) is 0. The van der Waals surface area contributed by atoms with Crippen LogP contribution in [0.2, 0.25) is 0 Å². The van der Waals surface area contributed by atoms with Gasteiger partial charge in [0.15, 0.2) is 0 Å². The lowest BCUT2D eigenvalue weighted by Gasteiger charge is -2.26. The number of pyridine rings is 1. The van der Waals surface area contributed by atoms with Crippen LogP contribution in [0.1, 0.15) is 24.5 Å². The van der Waals surface area contributed by atoms with E-state index >= 15 is 0 Å². The monoisotopic (exact) mass is 337 g/mol. The molecule has 1 unspecified atom stereocenters.